The van der Waals surface area contributed by atoms with Crippen LogP contribution in [-0.4, -0.2) is 55.2 Å². The van der Waals surface area contributed by atoms with Crippen molar-refractivity contribution in [1.29, 1.82) is 5.26 Å². The fourth-order valence-corrected chi connectivity index (χ4v) is 3.58. The number of hydrogen-bond acceptors (Lipinski definition) is 5. The maximum absolute atomic E-state index is 9.89. The molecule has 0 aromatic heterocycles. The average Bonchev–Trinajstić information content (AvgIpc) is 2.64. The number of hydrogen-bond donors (Lipinski definition) is 0. The molecule has 0 spiro atoms. The molecule has 2 unspecified atom stereocenters. The molecule has 1 aliphatic heterocycles. The first-order valence-electron chi connectivity index (χ1n) is 9.45. The second kappa shape index (κ2) is 9.65. The highest BCUT2D eigenvalue weighted by Crippen LogP contribution is 2.34. The molecule has 0 bridgehead atoms. The zero-order chi connectivity index (χ0) is 18.2. The summed E-state index contributed by atoms with van der Waals surface area (Å²) >= 11 is 0. The molecular formula is C20H31N3O2. The van der Waals surface area contributed by atoms with Crippen molar-refractivity contribution in [2.24, 2.45) is 0 Å². The van der Waals surface area contributed by atoms with Gasteiger partial charge >= 0.3 is 0 Å². The van der Waals surface area contributed by atoms with Gasteiger partial charge in [0.15, 0.2) is 0 Å². The molecule has 0 radical (unpaired) electrons. The summed E-state index contributed by atoms with van der Waals surface area (Å²) in [5.41, 5.74) is 0.938. The number of piperazine rings is 1. The molecule has 138 valence electrons. The lowest BCUT2D eigenvalue weighted by Crippen LogP contribution is -2.53. The standard InChI is InChI=1S/C20H31N3O2/c1-5-16-15-23(12-11-22(16)6-2)19(14-21)18-10-9-17(24-7-3)13-20(18)25-8-4/h9-10,13,16,19H,5-8,11-12,15H2,1-4H3. The number of nitrogens with zero attached hydrogens (tertiary/aromatic N) is 3. The topological polar surface area (TPSA) is 48.7 Å². The summed E-state index contributed by atoms with van der Waals surface area (Å²) in [5, 5.41) is 9.89. The molecule has 1 aromatic rings. The number of benzene rings is 1. The van der Waals surface area contributed by atoms with E-state index in [9.17, 15) is 5.26 Å². The largest absolute Gasteiger partial charge is 0.494 e. The summed E-state index contributed by atoms with van der Waals surface area (Å²) in [6.45, 7) is 13.4. The number of rotatable bonds is 8. The highest BCUT2D eigenvalue weighted by molar-refractivity contribution is 5.44. The maximum Gasteiger partial charge on any atom is 0.128 e. The molecule has 5 nitrogen and oxygen atoms in total. The van der Waals surface area contributed by atoms with E-state index in [4.69, 9.17) is 9.47 Å². The van der Waals surface area contributed by atoms with Crippen LogP contribution < -0.4 is 9.47 Å². The van der Waals surface area contributed by atoms with Gasteiger partial charge in [0.05, 0.1) is 19.3 Å². The molecule has 0 amide bonds. The third-order valence-corrected chi connectivity index (χ3v) is 4.89. The monoisotopic (exact) mass is 345 g/mol. The smallest absolute Gasteiger partial charge is 0.128 e. The van der Waals surface area contributed by atoms with E-state index in [1.807, 2.05) is 32.0 Å². The van der Waals surface area contributed by atoms with Crippen molar-refractivity contribution < 1.29 is 9.47 Å². The van der Waals surface area contributed by atoms with Crippen LogP contribution in [0.15, 0.2) is 18.2 Å². The van der Waals surface area contributed by atoms with Gasteiger partial charge in [-0.15, -0.1) is 0 Å². The Labute approximate surface area is 152 Å². The lowest BCUT2D eigenvalue weighted by Gasteiger charge is -2.42. The Morgan fingerprint density at radius 2 is 1.92 bits per heavy atom. The van der Waals surface area contributed by atoms with E-state index >= 15 is 0 Å². The Morgan fingerprint density at radius 3 is 2.52 bits per heavy atom. The van der Waals surface area contributed by atoms with Gasteiger partial charge < -0.3 is 9.47 Å². The molecule has 1 fully saturated rings. The summed E-state index contributed by atoms with van der Waals surface area (Å²) in [6.07, 6.45) is 1.10. The second-order valence-corrected chi connectivity index (χ2v) is 6.28. The van der Waals surface area contributed by atoms with E-state index in [2.05, 4.69) is 29.7 Å². The minimum atomic E-state index is -0.287. The van der Waals surface area contributed by atoms with Crippen molar-refractivity contribution >= 4 is 0 Å². The van der Waals surface area contributed by atoms with Crippen molar-refractivity contribution in [2.45, 2.75) is 46.2 Å². The molecule has 1 aromatic carbocycles. The quantitative estimate of drug-likeness (QED) is 0.722. The third kappa shape index (κ3) is 4.65. The van der Waals surface area contributed by atoms with E-state index in [0.717, 1.165) is 49.7 Å². The van der Waals surface area contributed by atoms with E-state index in [1.165, 1.54) is 0 Å². The fourth-order valence-electron chi connectivity index (χ4n) is 3.58. The van der Waals surface area contributed by atoms with Crippen LogP contribution >= 0.6 is 0 Å². The second-order valence-electron chi connectivity index (χ2n) is 6.28. The van der Waals surface area contributed by atoms with Crippen molar-refractivity contribution in [1.82, 2.24) is 9.80 Å². The lowest BCUT2D eigenvalue weighted by molar-refractivity contribution is 0.0616. The summed E-state index contributed by atoms with van der Waals surface area (Å²) in [6, 6.07) is 8.55. The predicted molar refractivity (Wildman–Crippen MR) is 100 cm³/mol. The summed E-state index contributed by atoms with van der Waals surface area (Å²) in [5.74, 6) is 1.54. The van der Waals surface area contributed by atoms with Gasteiger partial charge in [-0.2, -0.15) is 5.26 Å². The van der Waals surface area contributed by atoms with E-state index < -0.39 is 0 Å². The van der Waals surface area contributed by atoms with Crippen LogP contribution in [0.2, 0.25) is 0 Å². The van der Waals surface area contributed by atoms with Gasteiger partial charge in [-0.3, -0.25) is 9.80 Å². The first kappa shape index (κ1) is 19.6. The molecule has 2 rings (SSSR count). The molecule has 0 aliphatic carbocycles. The van der Waals surface area contributed by atoms with E-state index in [1.54, 1.807) is 0 Å². The van der Waals surface area contributed by atoms with Gasteiger partial charge in [-0.1, -0.05) is 13.8 Å². The third-order valence-electron chi connectivity index (χ3n) is 4.89. The molecule has 1 aliphatic rings. The normalized spacial score (nSPS) is 20.0. The van der Waals surface area contributed by atoms with Gasteiger partial charge in [0, 0.05) is 37.3 Å². The van der Waals surface area contributed by atoms with Gasteiger partial charge in [-0.25, -0.2) is 0 Å². The highest BCUT2D eigenvalue weighted by Gasteiger charge is 2.31. The Kier molecular flexibility index (Phi) is 7.54. The number of likely N-dealkylation sites (N-methyl/N-ethyl adjacent to an activating group) is 1. The Bertz CT molecular complexity index is 585. The van der Waals surface area contributed by atoms with Crippen LogP contribution in [0.25, 0.3) is 0 Å². The molecule has 0 saturated carbocycles. The van der Waals surface area contributed by atoms with Crippen LogP contribution in [0.1, 0.15) is 45.7 Å². The molecule has 2 atom stereocenters. The average molecular weight is 345 g/mol. The van der Waals surface area contributed by atoms with Crippen LogP contribution in [-0.2, 0) is 0 Å². The minimum Gasteiger partial charge on any atom is -0.494 e. The van der Waals surface area contributed by atoms with E-state index in [-0.39, 0.29) is 6.04 Å². The first-order valence-corrected chi connectivity index (χ1v) is 9.45. The molecule has 5 heteroatoms. The molecule has 0 N–H and O–H groups in total. The van der Waals surface area contributed by atoms with Crippen LogP contribution in [0.5, 0.6) is 11.5 Å². The highest BCUT2D eigenvalue weighted by atomic mass is 16.5. The molecule has 1 heterocycles. The van der Waals surface area contributed by atoms with Crippen molar-refractivity contribution in [3.63, 3.8) is 0 Å². The molecule has 1 saturated heterocycles. The summed E-state index contributed by atoms with van der Waals surface area (Å²) in [4.78, 5) is 4.80. The predicted octanol–water partition coefficient (Wildman–Crippen LogP) is 3.46. The van der Waals surface area contributed by atoms with E-state index in [0.29, 0.717) is 19.3 Å². The summed E-state index contributed by atoms with van der Waals surface area (Å²) in [7, 11) is 0. The Morgan fingerprint density at radius 1 is 1.16 bits per heavy atom. The summed E-state index contributed by atoms with van der Waals surface area (Å²) < 4.78 is 11.4. The zero-order valence-corrected chi connectivity index (χ0v) is 16.0. The first-order chi connectivity index (χ1) is 12.2. The Balaban J connectivity index is 2.26. The van der Waals surface area contributed by atoms with Crippen LogP contribution in [0, 0.1) is 11.3 Å². The Hall–Kier alpha value is -1.77. The number of ether oxygens (including phenoxy) is 2. The van der Waals surface area contributed by atoms with Gasteiger partial charge in [0.1, 0.15) is 17.5 Å². The van der Waals surface area contributed by atoms with Crippen molar-refractivity contribution in [3.05, 3.63) is 23.8 Å². The zero-order valence-electron chi connectivity index (χ0n) is 16.0. The number of nitriles is 1. The van der Waals surface area contributed by atoms with Crippen molar-refractivity contribution in [2.75, 3.05) is 39.4 Å². The van der Waals surface area contributed by atoms with Crippen LogP contribution in [0.3, 0.4) is 0 Å². The van der Waals surface area contributed by atoms with Gasteiger partial charge in [0.25, 0.3) is 0 Å². The molecular weight excluding hydrogens is 314 g/mol. The minimum absolute atomic E-state index is 0.287. The lowest BCUT2D eigenvalue weighted by atomic mass is 10.0. The molecule has 25 heavy (non-hydrogen) atoms. The van der Waals surface area contributed by atoms with Gasteiger partial charge in [-0.05, 0) is 38.9 Å². The SMILES string of the molecule is CCOc1ccc(C(C#N)N2CCN(CC)C(CC)C2)c(OCC)c1. The van der Waals surface area contributed by atoms with Crippen LogP contribution in [0.4, 0.5) is 0 Å². The maximum atomic E-state index is 9.89. The van der Waals surface area contributed by atoms with Crippen molar-refractivity contribution in [3.8, 4) is 17.6 Å². The fraction of sp³-hybridized carbons (Fsp3) is 0.650. The van der Waals surface area contributed by atoms with Gasteiger partial charge in [0.2, 0.25) is 0 Å².